The maximum atomic E-state index is 13.2. The third kappa shape index (κ3) is 45.6. The van der Waals surface area contributed by atoms with Crippen molar-refractivity contribution in [2.24, 2.45) is 0 Å². The number of aliphatic carboxylic acids is 1. The summed E-state index contributed by atoms with van der Waals surface area (Å²) in [4.78, 5) is 51.3. The Bertz CT molecular complexity index is 1820. The Morgan fingerprint density at radius 1 is 0.420 bits per heavy atom. The highest BCUT2D eigenvalue weighted by Gasteiger charge is 2.50. The standard InChI is InChI=1S/C69H112O12/c1-4-7-10-13-16-19-22-25-27-29-31-33-35-38-40-43-46-49-52-55-61(70)77-58-60(79-62(71)56-53-50-47-44-41-37-24-21-18-15-12-9-6-3)59-78-69-67(65(74)64(73)66(81-69)68(75)76)80-63(72)57-54-51-48-45-42-39-36-34-32-30-28-26-23-20-17-14-11-8-5-2/h8,11-12,15-17,19-21,24-28,31-34,60,64-67,69,73-74H,4-7,9-10,13-14,18,22-23,29-30,35-59H2,1-3H3,(H,75,76)/b11-8-,15-12-,19-16-,20-17-,24-21-,27-25-,28-26-,33-31-,34-32-. The first-order chi connectivity index (χ1) is 39.6. The van der Waals surface area contributed by atoms with Gasteiger partial charge in [0.05, 0.1) is 6.61 Å². The van der Waals surface area contributed by atoms with Crippen molar-refractivity contribution in [3.63, 3.8) is 0 Å². The number of esters is 3. The molecule has 1 rings (SSSR count). The number of carboxylic acids is 1. The van der Waals surface area contributed by atoms with Gasteiger partial charge in [0.15, 0.2) is 24.6 Å². The first kappa shape index (κ1) is 74.4. The van der Waals surface area contributed by atoms with E-state index in [2.05, 4.69) is 130 Å². The summed E-state index contributed by atoms with van der Waals surface area (Å²) in [6, 6.07) is 0. The van der Waals surface area contributed by atoms with E-state index in [4.69, 9.17) is 23.7 Å². The topological polar surface area (TPSA) is 175 Å². The van der Waals surface area contributed by atoms with E-state index in [0.29, 0.717) is 19.3 Å². The molecule has 0 aromatic rings. The highest BCUT2D eigenvalue weighted by Crippen LogP contribution is 2.26. The monoisotopic (exact) mass is 1130 g/mol. The van der Waals surface area contributed by atoms with E-state index in [9.17, 15) is 34.5 Å². The van der Waals surface area contributed by atoms with Crippen LogP contribution in [0, 0.1) is 0 Å². The summed E-state index contributed by atoms with van der Waals surface area (Å²) in [6.07, 6.45) is 63.3. The van der Waals surface area contributed by atoms with E-state index >= 15 is 0 Å². The lowest BCUT2D eigenvalue weighted by molar-refractivity contribution is -0.301. The molecule has 460 valence electrons. The Labute approximate surface area is 491 Å². The molecule has 1 aliphatic heterocycles. The molecule has 6 atom stereocenters. The van der Waals surface area contributed by atoms with Crippen LogP contribution in [-0.2, 0) is 42.9 Å². The lowest BCUT2D eigenvalue weighted by atomic mass is 9.98. The molecular formula is C69H112O12. The lowest BCUT2D eigenvalue weighted by Gasteiger charge is -2.40. The maximum absolute atomic E-state index is 13.2. The number of aliphatic hydroxyl groups is 2. The number of allylic oxidation sites excluding steroid dienone is 18. The molecule has 1 fully saturated rings. The van der Waals surface area contributed by atoms with Gasteiger partial charge in [0, 0.05) is 19.3 Å². The summed E-state index contributed by atoms with van der Waals surface area (Å²) in [5.41, 5.74) is 0. The van der Waals surface area contributed by atoms with Gasteiger partial charge in [-0.3, -0.25) is 14.4 Å². The molecule has 81 heavy (non-hydrogen) atoms. The Hall–Kier alpha value is -4.62. The van der Waals surface area contributed by atoms with E-state index in [1.165, 1.54) is 25.7 Å². The summed E-state index contributed by atoms with van der Waals surface area (Å²) in [6.45, 7) is 5.77. The highest BCUT2D eigenvalue weighted by molar-refractivity contribution is 5.74. The molecule has 0 radical (unpaired) electrons. The third-order valence-electron chi connectivity index (χ3n) is 13.8. The van der Waals surface area contributed by atoms with Crippen molar-refractivity contribution in [1.82, 2.24) is 0 Å². The molecule has 12 heteroatoms. The Kier molecular flexibility index (Phi) is 51.3. The second-order valence-corrected chi connectivity index (χ2v) is 21.3. The minimum Gasteiger partial charge on any atom is -0.479 e. The number of hydrogen-bond donors (Lipinski definition) is 3. The van der Waals surface area contributed by atoms with Crippen molar-refractivity contribution < 1.29 is 58.2 Å². The number of carboxylic acid groups (broad SMARTS) is 1. The Morgan fingerprint density at radius 3 is 1.23 bits per heavy atom. The number of aliphatic hydroxyl groups excluding tert-OH is 2. The van der Waals surface area contributed by atoms with Gasteiger partial charge >= 0.3 is 23.9 Å². The van der Waals surface area contributed by atoms with Crippen molar-refractivity contribution >= 4 is 23.9 Å². The fourth-order valence-corrected chi connectivity index (χ4v) is 8.93. The molecule has 1 aliphatic rings. The predicted molar refractivity (Wildman–Crippen MR) is 330 cm³/mol. The van der Waals surface area contributed by atoms with Crippen molar-refractivity contribution in [3.8, 4) is 0 Å². The molecule has 6 unspecified atom stereocenters. The fourth-order valence-electron chi connectivity index (χ4n) is 8.93. The van der Waals surface area contributed by atoms with E-state index < -0.39 is 67.3 Å². The first-order valence-electron chi connectivity index (χ1n) is 31.9. The van der Waals surface area contributed by atoms with E-state index in [0.717, 1.165) is 167 Å². The molecule has 1 saturated heterocycles. The molecule has 1 heterocycles. The van der Waals surface area contributed by atoms with Crippen molar-refractivity contribution in [1.29, 1.82) is 0 Å². The van der Waals surface area contributed by atoms with Gasteiger partial charge in [-0.15, -0.1) is 0 Å². The number of carbonyl (C=O) groups excluding carboxylic acids is 3. The molecule has 3 N–H and O–H groups in total. The molecule has 0 aromatic carbocycles. The van der Waals surface area contributed by atoms with Crippen LogP contribution in [0.2, 0.25) is 0 Å². The largest absolute Gasteiger partial charge is 0.479 e. The molecule has 0 bridgehead atoms. The van der Waals surface area contributed by atoms with Gasteiger partial charge in [-0.2, -0.15) is 0 Å². The van der Waals surface area contributed by atoms with Gasteiger partial charge in [0.25, 0.3) is 0 Å². The van der Waals surface area contributed by atoms with Gasteiger partial charge in [-0.05, 0) is 122 Å². The van der Waals surface area contributed by atoms with Crippen LogP contribution in [0.15, 0.2) is 109 Å². The molecule has 0 aliphatic carbocycles. The smallest absolute Gasteiger partial charge is 0.335 e. The second-order valence-electron chi connectivity index (χ2n) is 21.3. The zero-order valence-electron chi connectivity index (χ0n) is 50.7. The minimum atomic E-state index is -1.92. The van der Waals surface area contributed by atoms with Gasteiger partial charge in [-0.1, -0.05) is 220 Å². The summed E-state index contributed by atoms with van der Waals surface area (Å²) in [5, 5.41) is 31.6. The average Bonchev–Trinajstić information content (AvgIpc) is 3.54. The number of ether oxygens (including phenoxy) is 5. The quantitative estimate of drug-likeness (QED) is 0.0228. The zero-order chi connectivity index (χ0) is 58.9. The Balaban J connectivity index is 2.67. The Morgan fingerprint density at radius 2 is 0.802 bits per heavy atom. The average molecular weight is 1130 g/mol. The molecule has 12 nitrogen and oxygen atoms in total. The van der Waals surface area contributed by atoms with E-state index in [1.807, 2.05) is 0 Å². The lowest BCUT2D eigenvalue weighted by Crippen LogP contribution is -2.61. The SMILES string of the molecule is CC/C=C\C/C=C\C/C=C\C/C=C\CCCCCCCCC(=O)OC1C(OCC(COC(=O)CCCCCCCC/C=C\C/C=C\C/C=C\CCCCC)OC(=O)CCCCCCC/C=C\C/C=C\CCC)OC(C(=O)O)C(O)C1O. The van der Waals surface area contributed by atoms with Crippen molar-refractivity contribution in [2.75, 3.05) is 13.2 Å². The molecular weight excluding hydrogens is 1020 g/mol. The van der Waals surface area contributed by atoms with Gasteiger partial charge in [-0.25, -0.2) is 4.79 Å². The van der Waals surface area contributed by atoms with E-state index in [-0.39, 0.29) is 25.9 Å². The normalized spacial score (nSPS) is 18.5. The predicted octanol–water partition coefficient (Wildman–Crippen LogP) is 17.0. The molecule has 0 amide bonds. The summed E-state index contributed by atoms with van der Waals surface area (Å²) < 4.78 is 28.5. The second kappa shape index (κ2) is 55.9. The van der Waals surface area contributed by atoms with E-state index in [1.54, 1.807) is 0 Å². The number of rotatable bonds is 53. The summed E-state index contributed by atoms with van der Waals surface area (Å²) in [7, 11) is 0. The van der Waals surface area contributed by atoms with Crippen LogP contribution in [-0.4, -0.2) is 89.2 Å². The summed E-state index contributed by atoms with van der Waals surface area (Å²) in [5.74, 6) is -3.18. The number of carbonyl (C=O) groups is 4. The summed E-state index contributed by atoms with van der Waals surface area (Å²) >= 11 is 0. The molecule has 0 saturated carbocycles. The van der Waals surface area contributed by atoms with Crippen LogP contribution in [0.3, 0.4) is 0 Å². The first-order valence-corrected chi connectivity index (χ1v) is 31.9. The van der Waals surface area contributed by atoms with Crippen LogP contribution in [0.1, 0.15) is 252 Å². The van der Waals surface area contributed by atoms with Crippen molar-refractivity contribution in [2.45, 2.75) is 289 Å². The van der Waals surface area contributed by atoms with Gasteiger partial charge in [0.1, 0.15) is 18.8 Å². The van der Waals surface area contributed by atoms with Gasteiger partial charge in [0.2, 0.25) is 0 Å². The number of hydrogen-bond acceptors (Lipinski definition) is 11. The van der Waals surface area contributed by atoms with Crippen LogP contribution in [0.4, 0.5) is 0 Å². The minimum absolute atomic E-state index is 0.0361. The maximum Gasteiger partial charge on any atom is 0.335 e. The molecule has 0 spiro atoms. The fraction of sp³-hybridized carbons (Fsp3) is 0.681. The van der Waals surface area contributed by atoms with Gasteiger partial charge < -0.3 is 39.0 Å². The number of unbranched alkanes of at least 4 members (excludes halogenated alkanes) is 21. The van der Waals surface area contributed by atoms with Crippen LogP contribution in [0.5, 0.6) is 0 Å². The van der Waals surface area contributed by atoms with Crippen molar-refractivity contribution in [3.05, 3.63) is 109 Å². The third-order valence-corrected chi connectivity index (χ3v) is 13.8. The van der Waals surface area contributed by atoms with Crippen LogP contribution >= 0.6 is 0 Å². The van der Waals surface area contributed by atoms with Crippen LogP contribution < -0.4 is 0 Å². The molecule has 0 aromatic heterocycles. The highest BCUT2D eigenvalue weighted by atomic mass is 16.7. The zero-order valence-corrected chi connectivity index (χ0v) is 50.7. The van der Waals surface area contributed by atoms with Crippen LogP contribution in [0.25, 0.3) is 0 Å².